The normalized spacial score (nSPS) is 11.7. The van der Waals surface area contributed by atoms with Crippen molar-refractivity contribution >= 4 is 21.5 Å². The van der Waals surface area contributed by atoms with E-state index in [0.717, 1.165) is 83.4 Å². The maximum atomic E-state index is 6.71. The van der Waals surface area contributed by atoms with Crippen LogP contribution in [0.15, 0.2) is 206 Å². The van der Waals surface area contributed by atoms with Crippen molar-refractivity contribution in [2.45, 2.75) is 0 Å². The van der Waals surface area contributed by atoms with Crippen molar-refractivity contribution < 1.29 is 9.47 Å². The average Bonchev–Trinajstić information content (AvgIpc) is 3.31. The Morgan fingerprint density at radius 2 is 0.672 bits per heavy atom. The first kappa shape index (κ1) is 33.5. The van der Waals surface area contributed by atoms with E-state index in [4.69, 9.17) is 19.4 Å². The van der Waals surface area contributed by atoms with Crippen LogP contribution >= 0.6 is 0 Å². The molecule has 0 atom stereocenters. The van der Waals surface area contributed by atoms with E-state index in [9.17, 15) is 0 Å². The van der Waals surface area contributed by atoms with Crippen LogP contribution < -0.4 is 9.47 Å². The van der Waals surface area contributed by atoms with Crippen LogP contribution in [0, 0.1) is 0 Å². The molecule has 11 rings (SSSR count). The van der Waals surface area contributed by atoms with E-state index < -0.39 is 0 Å². The summed E-state index contributed by atoms with van der Waals surface area (Å²) in [5.74, 6) is 3.59. The van der Waals surface area contributed by atoms with Crippen molar-refractivity contribution in [2.24, 2.45) is 0 Å². The number of fused-ring (bicyclic) bond motifs is 7. The second-order valence-corrected chi connectivity index (χ2v) is 14.5. The van der Waals surface area contributed by atoms with Crippen LogP contribution in [0.5, 0.6) is 23.0 Å². The summed E-state index contributed by atoms with van der Waals surface area (Å²) in [5, 5.41) is 4.35. The predicted molar refractivity (Wildman–Crippen MR) is 236 cm³/mol. The number of hydrogen-bond donors (Lipinski definition) is 0. The minimum Gasteiger partial charge on any atom is -0.449 e. The van der Waals surface area contributed by atoms with Crippen LogP contribution in [0.2, 0.25) is 0 Å². The Morgan fingerprint density at radius 3 is 1.29 bits per heavy atom. The molecule has 1 aliphatic heterocycles. The molecule has 0 bridgehead atoms. The van der Waals surface area contributed by atoms with E-state index in [1.165, 1.54) is 11.1 Å². The molecule has 0 spiro atoms. The topological polar surface area (TPSA) is 44.2 Å². The summed E-state index contributed by atoms with van der Waals surface area (Å²) in [5.41, 5.74) is 11.4. The van der Waals surface area contributed by atoms with Crippen molar-refractivity contribution in [1.29, 1.82) is 0 Å². The van der Waals surface area contributed by atoms with Gasteiger partial charge in [0.25, 0.3) is 0 Å². The number of aromatic nitrogens is 2. The quantitative estimate of drug-likeness (QED) is 0.159. The summed E-state index contributed by atoms with van der Waals surface area (Å²) in [4.78, 5) is 10.2. The van der Waals surface area contributed by atoms with E-state index in [-0.39, 0.29) is 0 Å². The lowest BCUT2D eigenvalue weighted by molar-refractivity contribution is 0.367. The zero-order chi connectivity index (χ0) is 38.4. The SMILES string of the molecule is c1ccc(-c2ccc(-c3cc(-c4cccc(-c5cccc(-c6ccc7c(c6)Oc6c(c8ccccc8c8ccccc68)O7)c5)c4)nc(-c4ccccc4)n3)cc2)cc1. The van der Waals surface area contributed by atoms with Crippen LogP contribution in [-0.2, 0) is 0 Å². The smallest absolute Gasteiger partial charge is 0.178 e. The van der Waals surface area contributed by atoms with Gasteiger partial charge in [0.1, 0.15) is 0 Å². The van der Waals surface area contributed by atoms with Crippen LogP contribution in [0.25, 0.3) is 88.8 Å². The van der Waals surface area contributed by atoms with Crippen LogP contribution in [0.3, 0.4) is 0 Å². The van der Waals surface area contributed by atoms with Crippen molar-refractivity contribution in [3.05, 3.63) is 206 Å². The molecular weight excluding hydrogens is 709 g/mol. The van der Waals surface area contributed by atoms with Gasteiger partial charge in [-0.2, -0.15) is 0 Å². The molecule has 4 nitrogen and oxygen atoms in total. The van der Waals surface area contributed by atoms with Crippen molar-refractivity contribution in [1.82, 2.24) is 9.97 Å². The summed E-state index contributed by atoms with van der Waals surface area (Å²) < 4.78 is 13.3. The third-order valence-corrected chi connectivity index (χ3v) is 10.9. The first-order chi connectivity index (χ1) is 28.7. The minimum absolute atomic E-state index is 0.690. The van der Waals surface area contributed by atoms with Crippen LogP contribution in [0.1, 0.15) is 0 Å². The van der Waals surface area contributed by atoms with Gasteiger partial charge >= 0.3 is 0 Å². The summed E-state index contributed by atoms with van der Waals surface area (Å²) in [7, 11) is 0. The molecule has 0 aliphatic carbocycles. The summed E-state index contributed by atoms with van der Waals surface area (Å²) in [6.07, 6.45) is 0. The van der Waals surface area contributed by atoms with Gasteiger partial charge in [0.05, 0.1) is 11.4 Å². The molecule has 1 aromatic heterocycles. The highest BCUT2D eigenvalue weighted by Gasteiger charge is 2.25. The molecule has 1 aliphatic rings. The maximum absolute atomic E-state index is 6.71. The first-order valence-electron chi connectivity index (χ1n) is 19.5. The average molecular weight is 743 g/mol. The first-order valence-corrected chi connectivity index (χ1v) is 19.5. The Bertz CT molecular complexity index is 3160. The van der Waals surface area contributed by atoms with Gasteiger partial charge in [-0.3, -0.25) is 0 Å². The van der Waals surface area contributed by atoms with Crippen molar-refractivity contribution in [3.63, 3.8) is 0 Å². The van der Waals surface area contributed by atoms with Gasteiger partial charge in [0.15, 0.2) is 28.8 Å². The number of nitrogens with zero attached hydrogens (tertiary/aromatic N) is 2. The number of benzene rings is 9. The summed E-state index contributed by atoms with van der Waals surface area (Å²) >= 11 is 0. The van der Waals surface area contributed by atoms with Gasteiger partial charge < -0.3 is 9.47 Å². The minimum atomic E-state index is 0.690. The molecule has 58 heavy (non-hydrogen) atoms. The van der Waals surface area contributed by atoms with E-state index in [2.05, 4.69) is 164 Å². The Hall–Kier alpha value is -7.82. The molecule has 2 heterocycles. The fraction of sp³-hybridized carbons (Fsp3) is 0. The highest BCUT2D eigenvalue weighted by molar-refractivity contribution is 6.14. The molecule has 4 heteroatoms. The van der Waals surface area contributed by atoms with Gasteiger partial charge in [0, 0.05) is 27.5 Å². The molecule has 0 N–H and O–H groups in total. The largest absolute Gasteiger partial charge is 0.449 e. The molecule has 0 radical (unpaired) electrons. The van der Waals surface area contributed by atoms with Crippen LogP contribution in [0.4, 0.5) is 0 Å². The zero-order valence-electron chi connectivity index (χ0n) is 31.3. The highest BCUT2D eigenvalue weighted by Crippen LogP contribution is 2.53. The Kier molecular flexibility index (Phi) is 8.11. The van der Waals surface area contributed by atoms with E-state index in [1.54, 1.807) is 0 Å². The Labute approximate surface area is 336 Å². The number of ether oxygens (including phenoxy) is 2. The molecule has 10 aromatic rings. The molecule has 0 unspecified atom stereocenters. The number of rotatable bonds is 6. The predicted octanol–water partition coefficient (Wildman–Crippen LogP) is 14.7. The fourth-order valence-corrected chi connectivity index (χ4v) is 8.01. The Morgan fingerprint density at radius 1 is 0.259 bits per heavy atom. The van der Waals surface area contributed by atoms with E-state index >= 15 is 0 Å². The third kappa shape index (κ3) is 6.05. The maximum Gasteiger partial charge on any atom is 0.178 e. The van der Waals surface area contributed by atoms with Crippen molar-refractivity contribution in [3.8, 4) is 90.3 Å². The van der Waals surface area contributed by atoms with Gasteiger partial charge in [-0.15, -0.1) is 0 Å². The van der Waals surface area contributed by atoms with E-state index in [0.29, 0.717) is 17.3 Å². The van der Waals surface area contributed by atoms with Crippen molar-refractivity contribution in [2.75, 3.05) is 0 Å². The van der Waals surface area contributed by atoms with Crippen LogP contribution in [-0.4, -0.2) is 9.97 Å². The lowest BCUT2D eigenvalue weighted by Crippen LogP contribution is -2.01. The second-order valence-electron chi connectivity index (χ2n) is 14.5. The summed E-state index contributed by atoms with van der Waals surface area (Å²) in [6.45, 7) is 0. The molecule has 0 fully saturated rings. The molecule has 0 saturated heterocycles. The van der Waals surface area contributed by atoms with E-state index in [1.807, 2.05) is 42.5 Å². The number of hydrogen-bond acceptors (Lipinski definition) is 4. The van der Waals surface area contributed by atoms with Gasteiger partial charge in [0.2, 0.25) is 0 Å². The molecule has 9 aromatic carbocycles. The monoisotopic (exact) mass is 742 g/mol. The molecular formula is C54H34N2O2. The fourth-order valence-electron chi connectivity index (χ4n) is 8.01. The second kappa shape index (κ2) is 14.0. The molecule has 272 valence electrons. The molecule has 0 saturated carbocycles. The zero-order valence-corrected chi connectivity index (χ0v) is 31.3. The standard InChI is InChI=1S/C54H34N2O2/c1-3-13-35(14-4-1)36-25-27-37(28-26-36)48-34-49(56-54(55-48)38-15-5-2-6-16-38)43-20-12-19-41(32-43)39-17-11-18-40(31-39)42-29-30-50-51(33-42)58-53-47-24-10-8-22-45(47)44-21-7-9-23-46(44)52(53)57-50/h1-34H. The third-order valence-electron chi connectivity index (χ3n) is 10.9. The molecule has 0 amide bonds. The highest BCUT2D eigenvalue weighted by atomic mass is 16.6. The van der Waals surface area contributed by atoms with Gasteiger partial charge in [-0.05, 0) is 74.5 Å². The van der Waals surface area contributed by atoms with Gasteiger partial charge in [-0.25, -0.2) is 9.97 Å². The lowest BCUT2D eigenvalue weighted by atomic mass is 9.96. The Balaban J connectivity index is 0.936. The summed E-state index contributed by atoms with van der Waals surface area (Å²) in [6, 6.07) is 71.5. The van der Waals surface area contributed by atoms with Gasteiger partial charge in [-0.1, -0.05) is 176 Å². The lowest BCUT2D eigenvalue weighted by Gasteiger charge is -2.24.